The smallest absolute Gasteiger partial charge is 0.134 e. The fourth-order valence-electron chi connectivity index (χ4n) is 1.72. The van der Waals surface area contributed by atoms with Crippen LogP contribution in [-0.2, 0) is 0 Å². The molecule has 0 bridgehead atoms. The maximum absolute atomic E-state index is 4.17. The monoisotopic (exact) mass is 306 g/mol. The van der Waals surface area contributed by atoms with Crippen molar-refractivity contribution in [1.82, 2.24) is 9.97 Å². The standard InChI is InChI=1S/C13H15BrN4/c1-9-4-5-10(6-11(9)18(2)3)17-13-7-12(14)15-8-16-13/h4-8H,1-3H3,(H,15,16,17). The average molecular weight is 307 g/mol. The highest BCUT2D eigenvalue weighted by Crippen LogP contribution is 2.24. The second-order valence-corrected chi connectivity index (χ2v) is 5.06. The predicted octanol–water partition coefficient (Wildman–Crippen LogP) is 3.36. The summed E-state index contributed by atoms with van der Waals surface area (Å²) in [4.78, 5) is 10.3. The second-order valence-electron chi connectivity index (χ2n) is 4.25. The lowest BCUT2D eigenvalue weighted by atomic mass is 10.1. The zero-order chi connectivity index (χ0) is 13.1. The molecule has 1 aromatic carbocycles. The summed E-state index contributed by atoms with van der Waals surface area (Å²) >= 11 is 3.33. The first-order chi connectivity index (χ1) is 8.56. The third-order valence-corrected chi connectivity index (χ3v) is 3.03. The summed E-state index contributed by atoms with van der Waals surface area (Å²) in [5.41, 5.74) is 3.44. The Morgan fingerprint density at radius 1 is 1.17 bits per heavy atom. The molecule has 0 saturated carbocycles. The molecular weight excluding hydrogens is 292 g/mol. The summed E-state index contributed by atoms with van der Waals surface area (Å²) in [6.07, 6.45) is 1.52. The van der Waals surface area contributed by atoms with E-state index in [-0.39, 0.29) is 0 Å². The number of aryl methyl sites for hydroxylation is 1. The summed E-state index contributed by atoms with van der Waals surface area (Å²) in [6, 6.07) is 8.08. The summed E-state index contributed by atoms with van der Waals surface area (Å²) in [6.45, 7) is 2.10. The zero-order valence-electron chi connectivity index (χ0n) is 10.6. The average Bonchev–Trinajstić information content (AvgIpc) is 2.31. The quantitative estimate of drug-likeness (QED) is 0.883. The minimum Gasteiger partial charge on any atom is -0.377 e. The number of halogens is 1. The van der Waals surface area contributed by atoms with Gasteiger partial charge in [-0.25, -0.2) is 9.97 Å². The largest absolute Gasteiger partial charge is 0.377 e. The molecule has 5 heteroatoms. The van der Waals surface area contributed by atoms with Crippen LogP contribution in [0.2, 0.25) is 0 Å². The van der Waals surface area contributed by atoms with Gasteiger partial charge >= 0.3 is 0 Å². The third-order valence-electron chi connectivity index (χ3n) is 2.60. The summed E-state index contributed by atoms with van der Waals surface area (Å²) in [5.74, 6) is 0.769. The Bertz CT molecular complexity index is 554. The maximum atomic E-state index is 4.17. The minimum atomic E-state index is 0.764. The van der Waals surface area contributed by atoms with E-state index >= 15 is 0 Å². The van der Waals surface area contributed by atoms with Crippen molar-refractivity contribution < 1.29 is 0 Å². The predicted molar refractivity (Wildman–Crippen MR) is 78.5 cm³/mol. The number of anilines is 3. The highest BCUT2D eigenvalue weighted by Gasteiger charge is 2.03. The molecule has 0 aliphatic heterocycles. The lowest BCUT2D eigenvalue weighted by Gasteiger charge is -2.17. The third kappa shape index (κ3) is 2.98. The van der Waals surface area contributed by atoms with E-state index in [9.17, 15) is 0 Å². The van der Waals surface area contributed by atoms with Crippen LogP contribution in [0.25, 0.3) is 0 Å². The van der Waals surface area contributed by atoms with Gasteiger partial charge in [0.05, 0.1) is 0 Å². The van der Waals surface area contributed by atoms with Crippen LogP contribution < -0.4 is 10.2 Å². The van der Waals surface area contributed by atoms with E-state index in [1.54, 1.807) is 0 Å². The number of nitrogens with one attached hydrogen (secondary N) is 1. The Kier molecular flexibility index (Phi) is 3.81. The number of benzene rings is 1. The number of hydrogen-bond acceptors (Lipinski definition) is 4. The van der Waals surface area contributed by atoms with Crippen molar-refractivity contribution in [3.8, 4) is 0 Å². The molecule has 0 fully saturated rings. The van der Waals surface area contributed by atoms with Crippen LogP contribution in [-0.4, -0.2) is 24.1 Å². The molecule has 0 aliphatic carbocycles. The fourth-order valence-corrected chi connectivity index (χ4v) is 2.03. The van der Waals surface area contributed by atoms with E-state index in [4.69, 9.17) is 0 Å². The van der Waals surface area contributed by atoms with Crippen molar-refractivity contribution in [3.63, 3.8) is 0 Å². The van der Waals surface area contributed by atoms with Gasteiger partial charge in [-0.3, -0.25) is 0 Å². The van der Waals surface area contributed by atoms with E-state index in [0.717, 1.165) is 16.1 Å². The van der Waals surface area contributed by atoms with Gasteiger partial charge in [0, 0.05) is 31.5 Å². The maximum Gasteiger partial charge on any atom is 0.134 e. The number of rotatable bonds is 3. The van der Waals surface area contributed by atoms with Crippen LogP contribution in [0.5, 0.6) is 0 Å². The first-order valence-electron chi connectivity index (χ1n) is 5.59. The SMILES string of the molecule is Cc1ccc(Nc2cc(Br)ncn2)cc1N(C)C. The molecule has 0 amide bonds. The molecule has 2 rings (SSSR count). The van der Waals surface area contributed by atoms with Crippen molar-refractivity contribution >= 4 is 33.1 Å². The lowest BCUT2D eigenvalue weighted by molar-refractivity contribution is 1.11. The molecule has 94 valence electrons. The van der Waals surface area contributed by atoms with Gasteiger partial charge in [0.15, 0.2) is 0 Å². The van der Waals surface area contributed by atoms with Gasteiger partial charge in [-0.2, -0.15) is 0 Å². The Morgan fingerprint density at radius 2 is 1.94 bits per heavy atom. The molecule has 1 heterocycles. The molecule has 4 nitrogen and oxygen atoms in total. The van der Waals surface area contributed by atoms with Gasteiger partial charge in [0.1, 0.15) is 16.7 Å². The molecule has 0 saturated heterocycles. The molecule has 0 atom stereocenters. The molecule has 1 aromatic heterocycles. The highest BCUT2D eigenvalue weighted by molar-refractivity contribution is 9.10. The van der Waals surface area contributed by atoms with Crippen LogP contribution in [0.1, 0.15) is 5.56 Å². The van der Waals surface area contributed by atoms with Crippen LogP contribution in [0.15, 0.2) is 35.2 Å². The molecule has 0 aliphatic rings. The van der Waals surface area contributed by atoms with Gasteiger partial charge < -0.3 is 10.2 Å². The van der Waals surface area contributed by atoms with E-state index < -0.39 is 0 Å². The number of nitrogens with zero attached hydrogens (tertiary/aromatic N) is 3. The topological polar surface area (TPSA) is 41.1 Å². The first-order valence-corrected chi connectivity index (χ1v) is 6.38. The molecule has 0 spiro atoms. The highest BCUT2D eigenvalue weighted by atomic mass is 79.9. The molecular formula is C13H15BrN4. The van der Waals surface area contributed by atoms with Crippen molar-refractivity contribution in [2.75, 3.05) is 24.3 Å². The van der Waals surface area contributed by atoms with Gasteiger partial charge in [-0.15, -0.1) is 0 Å². The van der Waals surface area contributed by atoms with E-state index in [0.29, 0.717) is 0 Å². The Labute approximate surface area is 115 Å². The summed E-state index contributed by atoms with van der Waals surface area (Å²) < 4.78 is 0.764. The van der Waals surface area contributed by atoms with Crippen molar-refractivity contribution in [2.24, 2.45) is 0 Å². The van der Waals surface area contributed by atoms with Crippen LogP contribution in [0.4, 0.5) is 17.2 Å². The van der Waals surface area contributed by atoms with Gasteiger partial charge in [0.2, 0.25) is 0 Å². The van der Waals surface area contributed by atoms with Gasteiger partial charge in [-0.05, 0) is 40.5 Å². The van der Waals surface area contributed by atoms with Gasteiger partial charge in [-0.1, -0.05) is 6.07 Å². The van der Waals surface area contributed by atoms with E-state index in [1.807, 2.05) is 26.2 Å². The molecule has 18 heavy (non-hydrogen) atoms. The van der Waals surface area contributed by atoms with E-state index in [2.05, 4.69) is 55.2 Å². The van der Waals surface area contributed by atoms with Crippen LogP contribution >= 0.6 is 15.9 Å². The minimum absolute atomic E-state index is 0.764. The van der Waals surface area contributed by atoms with Crippen molar-refractivity contribution in [1.29, 1.82) is 0 Å². The zero-order valence-corrected chi connectivity index (χ0v) is 12.2. The van der Waals surface area contributed by atoms with E-state index in [1.165, 1.54) is 17.6 Å². The summed E-state index contributed by atoms with van der Waals surface area (Å²) in [7, 11) is 4.07. The Hall–Kier alpha value is -1.62. The summed E-state index contributed by atoms with van der Waals surface area (Å²) in [5, 5.41) is 3.26. The molecule has 0 unspecified atom stereocenters. The lowest BCUT2D eigenvalue weighted by Crippen LogP contribution is -2.10. The van der Waals surface area contributed by atoms with Crippen molar-refractivity contribution in [2.45, 2.75) is 6.92 Å². The molecule has 2 aromatic rings. The number of aromatic nitrogens is 2. The van der Waals surface area contributed by atoms with Crippen LogP contribution in [0, 0.1) is 6.92 Å². The van der Waals surface area contributed by atoms with Crippen molar-refractivity contribution in [3.05, 3.63) is 40.8 Å². The second kappa shape index (κ2) is 5.35. The fraction of sp³-hybridized carbons (Fsp3) is 0.231. The molecule has 0 radical (unpaired) electrons. The molecule has 1 N–H and O–H groups in total. The Balaban J connectivity index is 2.27. The first kappa shape index (κ1) is 12.8. The Morgan fingerprint density at radius 3 is 2.61 bits per heavy atom. The van der Waals surface area contributed by atoms with Gasteiger partial charge in [0.25, 0.3) is 0 Å². The normalized spacial score (nSPS) is 10.2. The number of hydrogen-bond donors (Lipinski definition) is 1. The van der Waals surface area contributed by atoms with Crippen LogP contribution in [0.3, 0.4) is 0 Å².